The van der Waals surface area contributed by atoms with Crippen molar-refractivity contribution >= 4 is 0 Å². The van der Waals surface area contributed by atoms with E-state index in [4.69, 9.17) is 0 Å². The van der Waals surface area contributed by atoms with E-state index in [2.05, 4.69) is 19.2 Å². The molecule has 2 aliphatic rings. The highest BCUT2D eigenvalue weighted by molar-refractivity contribution is 4.98. The van der Waals surface area contributed by atoms with Crippen molar-refractivity contribution in [2.24, 2.45) is 11.8 Å². The normalized spacial score (nSPS) is 33.4. The molecule has 0 bridgehead atoms. The third-order valence-electron chi connectivity index (χ3n) is 5.34. The van der Waals surface area contributed by atoms with Gasteiger partial charge in [0.15, 0.2) is 0 Å². The summed E-state index contributed by atoms with van der Waals surface area (Å²) in [4.78, 5) is 0. The van der Waals surface area contributed by atoms with Gasteiger partial charge in [0, 0.05) is 5.54 Å². The Hall–Kier alpha value is -0.0400. The lowest BCUT2D eigenvalue weighted by molar-refractivity contribution is 0.121. The topological polar surface area (TPSA) is 12.0 Å². The summed E-state index contributed by atoms with van der Waals surface area (Å²) < 4.78 is 0. The Bertz CT molecular complexity index is 206. The minimum atomic E-state index is 0.473. The van der Waals surface area contributed by atoms with Gasteiger partial charge in [-0.3, -0.25) is 0 Å². The molecule has 1 unspecified atom stereocenters. The fraction of sp³-hybridized carbons (Fsp3) is 1.00. The number of hydrogen-bond acceptors (Lipinski definition) is 1. The fourth-order valence-electron chi connectivity index (χ4n) is 4.24. The Morgan fingerprint density at radius 2 is 1.53 bits per heavy atom. The van der Waals surface area contributed by atoms with Crippen LogP contribution in [0.1, 0.15) is 78.1 Å². The maximum atomic E-state index is 3.99. The molecule has 0 aromatic rings. The molecule has 1 saturated carbocycles. The molecular formula is C16H31N. The summed E-state index contributed by atoms with van der Waals surface area (Å²) in [5, 5.41) is 3.99. The van der Waals surface area contributed by atoms with Crippen LogP contribution in [0, 0.1) is 11.8 Å². The molecule has 1 saturated heterocycles. The Morgan fingerprint density at radius 3 is 2.18 bits per heavy atom. The second kappa shape index (κ2) is 6.22. The minimum absolute atomic E-state index is 0.473. The Labute approximate surface area is 108 Å². The molecule has 1 aliphatic heterocycles. The van der Waals surface area contributed by atoms with Gasteiger partial charge >= 0.3 is 0 Å². The Balaban J connectivity index is 2.12. The maximum absolute atomic E-state index is 3.99. The van der Waals surface area contributed by atoms with Crippen molar-refractivity contribution in [2.75, 3.05) is 6.54 Å². The van der Waals surface area contributed by atoms with Crippen molar-refractivity contribution in [3.63, 3.8) is 0 Å². The van der Waals surface area contributed by atoms with Crippen LogP contribution in [0.3, 0.4) is 0 Å². The third-order valence-corrected chi connectivity index (χ3v) is 5.34. The molecule has 100 valence electrons. The highest BCUT2D eigenvalue weighted by atomic mass is 15.0. The van der Waals surface area contributed by atoms with Crippen LogP contribution in [-0.2, 0) is 0 Å². The quantitative estimate of drug-likeness (QED) is 0.697. The zero-order chi connectivity index (χ0) is 12.1. The summed E-state index contributed by atoms with van der Waals surface area (Å²) in [6.07, 6.45) is 14.6. The number of nitrogens with one attached hydrogen (secondary N) is 1. The van der Waals surface area contributed by atoms with Crippen LogP contribution in [0.4, 0.5) is 0 Å². The lowest BCUT2D eigenvalue weighted by Crippen LogP contribution is -2.54. The molecule has 1 atom stereocenters. The minimum Gasteiger partial charge on any atom is -0.311 e. The summed E-state index contributed by atoms with van der Waals surface area (Å²) in [5.41, 5.74) is 0.473. The van der Waals surface area contributed by atoms with Crippen LogP contribution in [0.2, 0.25) is 0 Å². The molecule has 1 aliphatic carbocycles. The smallest absolute Gasteiger partial charge is 0.0232 e. The first kappa shape index (κ1) is 13.4. The summed E-state index contributed by atoms with van der Waals surface area (Å²) in [6, 6.07) is 0. The molecule has 1 heterocycles. The monoisotopic (exact) mass is 237 g/mol. The number of rotatable bonds is 2. The number of hydrogen-bond donors (Lipinski definition) is 1. The zero-order valence-electron chi connectivity index (χ0n) is 11.9. The molecule has 1 nitrogen and oxygen atoms in total. The molecule has 0 radical (unpaired) electrons. The first-order valence-corrected chi connectivity index (χ1v) is 8.01. The van der Waals surface area contributed by atoms with Crippen LogP contribution >= 0.6 is 0 Å². The van der Waals surface area contributed by atoms with Crippen LogP contribution in [-0.4, -0.2) is 12.1 Å². The second-order valence-corrected chi connectivity index (χ2v) is 6.62. The molecule has 0 amide bonds. The standard InChI is InChI=1S/C16H31N/c1-14(2)16(12-8-5-9-13-17-16)15-10-6-3-4-7-11-15/h14-15,17H,3-13H2,1-2H3. The molecule has 1 N–H and O–H groups in total. The van der Waals surface area contributed by atoms with Crippen molar-refractivity contribution in [1.82, 2.24) is 5.32 Å². The summed E-state index contributed by atoms with van der Waals surface area (Å²) >= 11 is 0. The van der Waals surface area contributed by atoms with Crippen molar-refractivity contribution < 1.29 is 0 Å². The first-order valence-electron chi connectivity index (χ1n) is 8.01. The third kappa shape index (κ3) is 3.05. The van der Waals surface area contributed by atoms with Crippen molar-refractivity contribution in [1.29, 1.82) is 0 Å². The highest BCUT2D eigenvalue weighted by Crippen LogP contribution is 2.40. The van der Waals surface area contributed by atoms with E-state index in [-0.39, 0.29) is 0 Å². The van der Waals surface area contributed by atoms with E-state index in [1.54, 1.807) is 0 Å². The lowest BCUT2D eigenvalue weighted by Gasteiger charge is -2.45. The van der Waals surface area contributed by atoms with Crippen LogP contribution < -0.4 is 5.32 Å². The molecular weight excluding hydrogens is 206 g/mol. The van der Waals surface area contributed by atoms with Crippen molar-refractivity contribution in [3.8, 4) is 0 Å². The van der Waals surface area contributed by atoms with Crippen molar-refractivity contribution in [3.05, 3.63) is 0 Å². The second-order valence-electron chi connectivity index (χ2n) is 6.62. The van der Waals surface area contributed by atoms with Crippen LogP contribution in [0.5, 0.6) is 0 Å². The van der Waals surface area contributed by atoms with Gasteiger partial charge < -0.3 is 5.32 Å². The van der Waals surface area contributed by atoms with Crippen molar-refractivity contribution in [2.45, 2.75) is 83.6 Å². The van der Waals surface area contributed by atoms with E-state index >= 15 is 0 Å². The van der Waals surface area contributed by atoms with E-state index in [0.717, 1.165) is 11.8 Å². The van der Waals surface area contributed by atoms with Gasteiger partial charge in [0.25, 0.3) is 0 Å². The molecule has 0 aromatic carbocycles. The van der Waals surface area contributed by atoms with Crippen LogP contribution in [0.25, 0.3) is 0 Å². The largest absolute Gasteiger partial charge is 0.311 e. The Morgan fingerprint density at radius 1 is 0.882 bits per heavy atom. The molecule has 0 spiro atoms. The predicted molar refractivity (Wildman–Crippen MR) is 75.2 cm³/mol. The highest BCUT2D eigenvalue weighted by Gasteiger charge is 2.40. The molecule has 2 rings (SSSR count). The van der Waals surface area contributed by atoms with Gasteiger partial charge in [0.05, 0.1) is 0 Å². The lowest BCUT2D eigenvalue weighted by atomic mass is 9.69. The van der Waals surface area contributed by atoms with E-state index in [0.29, 0.717) is 5.54 Å². The molecule has 1 heteroatoms. The van der Waals surface area contributed by atoms with Gasteiger partial charge in [-0.1, -0.05) is 52.4 Å². The zero-order valence-corrected chi connectivity index (χ0v) is 11.9. The molecule has 17 heavy (non-hydrogen) atoms. The van der Waals surface area contributed by atoms with Gasteiger partial charge in [0.2, 0.25) is 0 Å². The predicted octanol–water partition coefficient (Wildman–Crippen LogP) is 4.52. The van der Waals surface area contributed by atoms with Gasteiger partial charge in [0.1, 0.15) is 0 Å². The van der Waals surface area contributed by atoms with Crippen LogP contribution in [0.15, 0.2) is 0 Å². The summed E-state index contributed by atoms with van der Waals surface area (Å²) in [7, 11) is 0. The summed E-state index contributed by atoms with van der Waals surface area (Å²) in [5.74, 6) is 1.74. The van der Waals surface area contributed by atoms with E-state index in [9.17, 15) is 0 Å². The maximum Gasteiger partial charge on any atom is 0.0232 e. The van der Waals surface area contributed by atoms with Gasteiger partial charge in [-0.05, 0) is 44.1 Å². The van der Waals surface area contributed by atoms with Gasteiger partial charge in [-0.25, -0.2) is 0 Å². The van der Waals surface area contributed by atoms with E-state index in [1.807, 2.05) is 0 Å². The van der Waals surface area contributed by atoms with E-state index in [1.165, 1.54) is 70.8 Å². The SMILES string of the molecule is CC(C)C1(C2CCCCCC2)CCCCCN1. The molecule has 2 fully saturated rings. The average molecular weight is 237 g/mol. The summed E-state index contributed by atoms with van der Waals surface area (Å²) in [6.45, 7) is 6.15. The molecule has 0 aromatic heterocycles. The fourth-order valence-corrected chi connectivity index (χ4v) is 4.24. The average Bonchev–Trinajstić information content (AvgIpc) is 2.72. The van der Waals surface area contributed by atoms with Gasteiger partial charge in [-0.15, -0.1) is 0 Å². The van der Waals surface area contributed by atoms with Gasteiger partial charge in [-0.2, -0.15) is 0 Å². The Kier molecular flexibility index (Phi) is 4.90. The van der Waals surface area contributed by atoms with E-state index < -0.39 is 0 Å². The first-order chi connectivity index (χ1) is 8.26.